The van der Waals surface area contributed by atoms with E-state index in [4.69, 9.17) is 0 Å². The van der Waals surface area contributed by atoms with E-state index in [0.717, 1.165) is 25.7 Å². The maximum atomic E-state index is 13.2. The molecule has 5 nitrogen and oxygen atoms in total. The maximum Gasteiger partial charge on any atom is 0.415 e. The fourth-order valence-corrected chi connectivity index (χ4v) is 3.11. The van der Waals surface area contributed by atoms with Crippen molar-refractivity contribution in [3.05, 3.63) is 35.4 Å². The molecule has 0 amide bonds. The van der Waals surface area contributed by atoms with Crippen LogP contribution in [0.5, 0.6) is 0 Å². The molecule has 1 aromatic carbocycles. The zero-order valence-corrected chi connectivity index (χ0v) is 14.0. The van der Waals surface area contributed by atoms with Crippen LogP contribution in [-0.2, 0) is 18.9 Å². The van der Waals surface area contributed by atoms with Gasteiger partial charge in [0.2, 0.25) is 0 Å². The molecule has 0 unspecified atom stereocenters. The summed E-state index contributed by atoms with van der Waals surface area (Å²) in [6.45, 7) is 1.98. The lowest BCUT2D eigenvalue weighted by Crippen LogP contribution is -2.30. The van der Waals surface area contributed by atoms with Gasteiger partial charge in [0, 0.05) is 0 Å². The van der Waals surface area contributed by atoms with Crippen molar-refractivity contribution < 1.29 is 32.9 Å². The van der Waals surface area contributed by atoms with Crippen LogP contribution in [0.15, 0.2) is 24.3 Å². The number of benzene rings is 1. The molecule has 0 radical (unpaired) electrons. The van der Waals surface area contributed by atoms with E-state index < -0.39 is 23.3 Å². The van der Waals surface area contributed by atoms with E-state index in [1.807, 2.05) is 6.92 Å². The normalized spacial score (nSPS) is 21.5. The van der Waals surface area contributed by atoms with Gasteiger partial charge < -0.3 is 9.99 Å². The molecule has 0 saturated heterocycles. The highest BCUT2D eigenvalue weighted by Crippen LogP contribution is 2.37. The van der Waals surface area contributed by atoms with E-state index in [1.54, 1.807) is 0 Å². The summed E-state index contributed by atoms with van der Waals surface area (Å²) in [5, 5.41) is 8.38. The zero-order valence-electron chi connectivity index (χ0n) is 13.2. The molecular weight excluding hydrogens is 342 g/mol. The topological polar surface area (TPSA) is 67.8 Å². The summed E-state index contributed by atoms with van der Waals surface area (Å²) in [5.41, 5.74) is 2.50. The molecule has 1 aliphatic carbocycles. The SMILES string of the molecule is Cc1ccc(C2CCC(COC(=O)C(F)(F)SOO[O-])CC2)cc1. The number of hydrogen-bond donors (Lipinski definition) is 0. The van der Waals surface area contributed by atoms with Crippen LogP contribution in [0.25, 0.3) is 0 Å². The van der Waals surface area contributed by atoms with Gasteiger partial charge in [-0.15, -0.1) is 0 Å². The second-order valence-electron chi connectivity index (χ2n) is 5.96. The van der Waals surface area contributed by atoms with Crippen LogP contribution in [0.2, 0.25) is 0 Å². The molecule has 0 atom stereocenters. The molecule has 0 aromatic heterocycles. The Bertz CT molecular complexity index is 530. The number of halogens is 2. The average molecular weight is 361 g/mol. The highest BCUT2D eigenvalue weighted by molar-refractivity contribution is 7.96. The van der Waals surface area contributed by atoms with Crippen molar-refractivity contribution in [1.82, 2.24) is 0 Å². The van der Waals surface area contributed by atoms with Gasteiger partial charge in [0.15, 0.2) is 0 Å². The van der Waals surface area contributed by atoms with Crippen LogP contribution >= 0.6 is 12.0 Å². The molecule has 1 fully saturated rings. The molecule has 1 saturated carbocycles. The van der Waals surface area contributed by atoms with Gasteiger partial charge in [-0.1, -0.05) is 29.8 Å². The number of carbonyl (C=O) groups excluding carboxylic acids is 1. The van der Waals surface area contributed by atoms with Gasteiger partial charge in [0.25, 0.3) is 0 Å². The third kappa shape index (κ3) is 5.41. The van der Waals surface area contributed by atoms with E-state index in [-0.39, 0.29) is 12.5 Å². The summed E-state index contributed by atoms with van der Waals surface area (Å²) < 4.78 is 34.6. The fraction of sp³-hybridized carbons (Fsp3) is 0.562. The molecular formula is C16H19F2O5S-. The smallest absolute Gasteiger partial charge is 0.415 e. The van der Waals surface area contributed by atoms with Gasteiger partial charge in [-0.3, -0.25) is 5.04 Å². The number of rotatable bonds is 7. The van der Waals surface area contributed by atoms with Gasteiger partial charge in [-0.05, 0) is 50.0 Å². The Balaban J connectivity index is 1.75. The van der Waals surface area contributed by atoms with Crippen LogP contribution in [-0.4, -0.2) is 17.8 Å². The van der Waals surface area contributed by atoms with Crippen LogP contribution in [0.1, 0.15) is 42.7 Å². The van der Waals surface area contributed by atoms with Crippen LogP contribution < -0.4 is 5.26 Å². The number of hydrogen-bond acceptors (Lipinski definition) is 6. The van der Waals surface area contributed by atoms with E-state index in [9.17, 15) is 18.8 Å². The van der Waals surface area contributed by atoms with E-state index in [1.165, 1.54) is 11.1 Å². The van der Waals surface area contributed by atoms with Crippen molar-refractivity contribution in [3.63, 3.8) is 0 Å². The minimum Gasteiger partial charge on any atom is -0.691 e. The van der Waals surface area contributed by atoms with Crippen LogP contribution in [0.3, 0.4) is 0 Å². The van der Waals surface area contributed by atoms with Crippen molar-refractivity contribution in [1.29, 1.82) is 0 Å². The minimum absolute atomic E-state index is 0.0617. The van der Waals surface area contributed by atoms with Crippen molar-refractivity contribution >= 4 is 18.0 Å². The summed E-state index contributed by atoms with van der Waals surface area (Å²) in [6, 6.07) is 8.40. The fourth-order valence-electron chi connectivity index (χ4n) is 2.87. The summed E-state index contributed by atoms with van der Waals surface area (Å²) in [5.74, 6) is -1.21. The van der Waals surface area contributed by atoms with Gasteiger partial charge >= 0.3 is 11.2 Å². The van der Waals surface area contributed by atoms with Crippen LogP contribution in [0, 0.1) is 12.8 Å². The highest BCUT2D eigenvalue weighted by atomic mass is 32.2. The molecule has 0 bridgehead atoms. The Morgan fingerprint density at radius 2 is 1.88 bits per heavy atom. The predicted molar refractivity (Wildman–Crippen MR) is 81.5 cm³/mol. The predicted octanol–water partition coefficient (Wildman–Crippen LogP) is 3.28. The first-order chi connectivity index (χ1) is 11.4. The zero-order chi connectivity index (χ0) is 17.6. The Labute approximate surface area is 143 Å². The van der Waals surface area contributed by atoms with Gasteiger partial charge in [-0.2, -0.15) is 13.1 Å². The van der Waals surface area contributed by atoms with E-state index in [2.05, 4.69) is 38.4 Å². The lowest BCUT2D eigenvalue weighted by molar-refractivity contribution is -0.777. The monoisotopic (exact) mass is 361 g/mol. The van der Waals surface area contributed by atoms with Crippen molar-refractivity contribution in [3.8, 4) is 0 Å². The summed E-state index contributed by atoms with van der Waals surface area (Å²) >= 11 is -0.670. The lowest BCUT2D eigenvalue weighted by atomic mass is 9.79. The summed E-state index contributed by atoms with van der Waals surface area (Å²) in [4.78, 5) is 11.3. The first-order valence-corrected chi connectivity index (χ1v) is 8.42. The highest BCUT2D eigenvalue weighted by Gasteiger charge is 2.44. The molecule has 24 heavy (non-hydrogen) atoms. The first kappa shape index (κ1) is 19.1. The van der Waals surface area contributed by atoms with E-state index >= 15 is 0 Å². The minimum atomic E-state index is -3.97. The third-order valence-corrected chi connectivity index (χ3v) is 4.75. The number of alkyl halides is 2. The third-order valence-electron chi connectivity index (χ3n) is 4.25. The number of aryl methyl sites for hydroxylation is 1. The first-order valence-electron chi connectivity index (χ1n) is 7.68. The molecule has 0 aliphatic heterocycles. The van der Waals surface area contributed by atoms with Crippen molar-refractivity contribution in [2.45, 2.75) is 43.8 Å². The van der Waals surface area contributed by atoms with E-state index in [0.29, 0.717) is 5.92 Å². The Kier molecular flexibility index (Phi) is 6.97. The average Bonchev–Trinajstić information content (AvgIpc) is 2.59. The Hall–Kier alpha value is -1.22. The number of esters is 1. The lowest BCUT2D eigenvalue weighted by Gasteiger charge is -2.28. The molecule has 8 heteroatoms. The molecule has 2 rings (SSSR count). The van der Waals surface area contributed by atoms with Gasteiger partial charge in [0.05, 0.1) is 6.61 Å². The largest absolute Gasteiger partial charge is 0.691 e. The molecule has 134 valence electrons. The Morgan fingerprint density at radius 3 is 2.46 bits per heavy atom. The van der Waals surface area contributed by atoms with Gasteiger partial charge in [-0.25, -0.2) is 4.79 Å². The molecule has 1 aliphatic rings. The number of carbonyl (C=O) groups is 1. The number of ether oxygens (including phenoxy) is 1. The molecule has 1 aromatic rings. The molecule has 0 spiro atoms. The quantitative estimate of drug-likeness (QED) is 0.321. The van der Waals surface area contributed by atoms with Crippen molar-refractivity contribution in [2.75, 3.05) is 6.61 Å². The second kappa shape index (κ2) is 8.75. The Morgan fingerprint density at radius 1 is 1.25 bits per heavy atom. The van der Waals surface area contributed by atoms with Gasteiger partial charge in [0.1, 0.15) is 12.0 Å². The summed E-state index contributed by atoms with van der Waals surface area (Å²) in [7, 11) is 0. The maximum absolute atomic E-state index is 13.2. The van der Waals surface area contributed by atoms with Crippen molar-refractivity contribution in [2.24, 2.45) is 5.92 Å². The van der Waals surface area contributed by atoms with Crippen LogP contribution in [0.4, 0.5) is 8.78 Å². The standard InChI is InChI=1S/C16H20F2O5S/c1-11-2-6-13(7-3-11)14-8-4-12(5-9-14)10-21-15(19)16(17,18)24-23-22-20/h2-3,6-7,12,14,20H,4-5,8-10H2,1H3/p-1. The molecule has 0 N–H and O–H groups in total. The second-order valence-corrected chi connectivity index (χ2v) is 6.78. The molecule has 0 heterocycles. The summed E-state index contributed by atoms with van der Waals surface area (Å²) in [6.07, 6.45) is 3.49.